The number of carbonyl (C=O) groups excluding carboxylic acids is 1. The molecular weight excluding hydrogens is 164 g/mol. The van der Waals surface area contributed by atoms with Crippen LogP contribution in [0.1, 0.15) is 6.92 Å². The largest absolute Gasteiger partial charge is 0.457 e. The highest BCUT2D eigenvalue weighted by molar-refractivity contribution is 6.62. The number of hydrogen-bond acceptors (Lipinski definition) is 2. The maximum absolute atomic E-state index is 9.21. The molecule has 0 aliphatic carbocycles. The predicted molar refractivity (Wildman–Crippen MR) is 43.9 cm³/mol. The van der Waals surface area contributed by atoms with Crippen molar-refractivity contribution in [1.82, 2.24) is 0 Å². The predicted octanol–water partition coefficient (Wildman–Crippen LogP) is 2.64. The number of benzene rings is 1. The van der Waals surface area contributed by atoms with Gasteiger partial charge in [0.2, 0.25) is 5.24 Å². The van der Waals surface area contributed by atoms with E-state index in [-0.39, 0.29) is 5.24 Å². The van der Waals surface area contributed by atoms with E-state index in [0.29, 0.717) is 0 Å². The summed E-state index contributed by atoms with van der Waals surface area (Å²) in [6, 6.07) is 7.81. The molecule has 2 aromatic heterocycles. The summed E-state index contributed by atoms with van der Waals surface area (Å²) in [5.74, 6) is 0. The molecule has 3 heteroatoms. The van der Waals surface area contributed by atoms with Crippen LogP contribution in [-0.2, 0) is 4.79 Å². The van der Waals surface area contributed by atoms with Gasteiger partial charge in [-0.25, -0.2) is 0 Å². The smallest absolute Gasteiger partial charge is 0.218 e. The van der Waals surface area contributed by atoms with Crippen molar-refractivity contribution in [1.29, 1.82) is 0 Å². The van der Waals surface area contributed by atoms with Crippen molar-refractivity contribution < 1.29 is 9.21 Å². The van der Waals surface area contributed by atoms with Crippen molar-refractivity contribution in [2.24, 2.45) is 0 Å². The molecule has 2 bridgehead atoms. The zero-order valence-electron chi connectivity index (χ0n) is 6.00. The van der Waals surface area contributed by atoms with Crippen LogP contribution in [0.25, 0.3) is 11.2 Å². The monoisotopic (exact) mass is 170 g/mol. The Hall–Kier alpha value is -1.02. The first-order chi connectivity index (χ1) is 5.18. The van der Waals surface area contributed by atoms with Gasteiger partial charge in [0, 0.05) is 6.92 Å². The molecule has 2 heterocycles. The summed E-state index contributed by atoms with van der Waals surface area (Å²) in [6.07, 6.45) is 0. The summed E-state index contributed by atoms with van der Waals surface area (Å²) in [7, 11) is 0. The highest BCUT2D eigenvalue weighted by Crippen LogP contribution is 2.13. The molecular formula is C8H7ClO2. The summed E-state index contributed by atoms with van der Waals surface area (Å²) in [6.45, 7) is 1.29. The molecule has 0 saturated carbocycles. The molecule has 0 N–H and O–H groups in total. The highest BCUT2D eigenvalue weighted by Gasteiger charge is 1.91. The fourth-order valence-electron chi connectivity index (χ4n) is 0.712. The van der Waals surface area contributed by atoms with Crippen LogP contribution in [0.3, 0.4) is 0 Å². The van der Waals surface area contributed by atoms with Crippen molar-refractivity contribution in [3.05, 3.63) is 24.3 Å². The molecule has 2 nitrogen and oxygen atoms in total. The third-order valence-electron chi connectivity index (χ3n) is 1.06. The van der Waals surface area contributed by atoms with Gasteiger partial charge < -0.3 is 4.42 Å². The van der Waals surface area contributed by atoms with Crippen molar-refractivity contribution in [2.75, 3.05) is 0 Å². The molecule has 2 rings (SSSR count). The Morgan fingerprint density at radius 3 is 1.64 bits per heavy atom. The van der Waals surface area contributed by atoms with Crippen molar-refractivity contribution in [3.8, 4) is 0 Å². The van der Waals surface area contributed by atoms with Crippen LogP contribution in [0.5, 0.6) is 0 Å². The van der Waals surface area contributed by atoms with Gasteiger partial charge in [0.15, 0.2) is 0 Å². The zero-order valence-corrected chi connectivity index (χ0v) is 6.76. The van der Waals surface area contributed by atoms with Crippen molar-refractivity contribution >= 4 is 28.0 Å². The number of halogens is 1. The lowest BCUT2D eigenvalue weighted by atomic mass is 10.4. The summed E-state index contributed by atoms with van der Waals surface area (Å²) in [5.41, 5.74) is 1.94. The van der Waals surface area contributed by atoms with Gasteiger partial charge in [0.1, 0.15) is 11.2 Å². The highest BCUT2D eigenvalue weighted by atomic mass is 35.5. The normalized spacial score (nSPS) is 9.27. The van der Waals surface area contributed by atoms with E-state index in [1.165, 1.54) is 6.92 Å². The SMILES string of the molecule is CC(=O)Cl.c1cc2ccc1o2. The second-order valence-corrected chi connectivity index (χ2v) is 2.58. The fourth-order valence-corrected chi connectivity index (χ4v) is 0.712. The standard InChI is InChI=1S/C6H4O.C2H3ClO/c1-2-6-4-3-5(1)7-6;1-2(3)4/h1-4H;1H3. The van der Waals surface area contributed by atoms with E-state index >= 15 is 0 Å². The molecule has 58 valence electrons. The van der Waals surface area contributed by atoms with E-state index in [0.717, 1.165) is 11.2 Å². The quantitative estimate of drug-likeness (QED) is 0.569. The zero-order chi connectivity index (χ0) is 8.27. The van der Waals surface area contributed by atoms with Crippen LogP contribution in [0.2, 0.25) is 0 Å². The summed E-state index contributed by atoms with van der Waals surface area (Å²) >= 11 is 4.64. The van der Waals surface area contributed by atoms with Crippen LogP contribution in [0.15, 0.2) is 28.7 Å². The molecule has 2 aromatic rings. The van der Waals surface area contributed by atoms with Crippen LogP contribution < -0.4 is 0 Å². The number of rotatable bonds is 0. The lowest BCUT2D eigenvalue weighted by molar-refractivity contribution is -0.109. The summed E-state index contributed by atoms with van der Waals surface area (Å²) in [4.78, 5) is 9.21. The molecule has 0 unspecified atom stereocenters. The minimum atomic E-state index is -0.361. The second-order valence-electron chi connectivity index (χ2n) is 2.04. The average Bonchev–Trinajstić information content (AvgIpc) is 2.45. The van der Waals surface area contributed by atoms with Gasteiger partial charge in [-0.2, -0.15) is 0 Å². The Kier molecular flexibility index (Phi) is 2.49. The van der Waals surface area contributed by atoms with E-state index in [1.54, 1.807) is 0 Å². The van der Waals surface area contributed by atoms with Gasteiger partial charge in [-0.05, 0) is 35.9 Å². The summed E-state index contributed by atoms with van der Waals surface area (Å²) < 4.78 is 5.08. The molecule has 0 aliphatic heterocycles. The Balaban J connectivity index is 0.000000134. The number of carbonyl (C=O) groups is 1. The molecule has 0 spiro atoms. The molecule has 0 fully saturated rings. The third-order valence-corrected chi connectivity index (χ3v) is 1.06. The average molecular weight is 171 g/mol. The Morgan fingerprint density at radius 2 is 1.55 bits per heavy atom. The van der Waals surface area contributed by atoms with Crippen LogP contribution in [0.4, 0.5) is 0 Å². The Labute approximate surface area is 69.1 Å². The number of fused-ring (bicyclic) bond motifs is 2. The minimum absolute atomic E-state index is 0.361. The lowest BCUT2D eigenvalue weighted by Crippen LogP contribution is -1.62. The van der Waals surface area contributed by atoms with E-state index in [2.05, 4.69) is 11.6 Å². The van der Waals surface area contributed by atoms with E-state index in [9.17, 15) is 4.79 Å². The molecule has 0 radical (unpaired) electrons. The maximum Gasteiger partial charge on any atom is 0.218 e. The van der Waals surface area contributed by atoms with E-state index in [1.807, 2.05) is 24.3 Å². The lowest BCUT2D eigenvalue weighted by Gasteiger charge is -1.60. The van der Waals surface area contributed by atoms with Crippen LogP contribution in [-0.4, -0.2) is 5.24 Å². The van der Waals surface area contributed by atoms with Crippen molar-refractivity contribution in [2.45, 2.75) is 6.92 Å². The Bertz CT molecular complexity index is 277. The molecule has 0 aliphatic rings. The fraction of sp³-hybridized carbons (Fsp3) is 0.125. The van der Waals surface area contributed by atoms with Crippen molar-refractivity contribution in [3.63, 3.8) is 0 Å². The van der Waals surface area contributed by atoms with Gasteiger partial charge in [-0.1, -0.05) is 0 Å². The Morgan fingerprint density at radius 1 is 1.27 bits per heavy atom. The second kappa shape index (κ2) is 3.39. The van der Waals surface area contributed by atoms with E-state index < -0.39 is 0 Å². The molecule has 0 saturated heterocycles. The first-order valence-electron chi connectivity index (χ1n) is 3.12. The van der Waals surface area contributed by atoms with Gasteiger partial charge >= 0.3 is 0 Å². The van der Waals surface area contributed by atoms with Crippen LogP contribution >= 0.6 is 11.6 Å². The van der Waals surface area contributed by atoms with E-state index in [4.69, 9.17) is 4.42 Å². The molecule has 0 aromatic carbocycles. The number of hydrogen-bond donors (Lipinski definition) is 0. The van der Waals surface area contributed by atoms with Crippen LogP contribution in [0, 0.1) is 0 Å². The summed E-state index contributed by atoms with van der Waals surface area (Å²) in [5, 5.41) is -0.361. The number of furan rings is 2. The molecule has 0 atom stereocenters. The first kappa shape index (κ1) is 8.08. The minimum Gasteiger partial charge on any atom is -0.457 e. The topological polar surface area (TPSA) is 30.2 Å². The van der Waals surface area contributed by atoms with Gasteiger partial charge in [-0.15, -0.1) is 0 Å². The molecule has 11 heavy (non-hydrogen) atoms. The first-order valence-corrected chi connectivity index (χ1v) is 3.50. The maximum atomic E-state index is 9.21. The molecule has 0 amide bonds. The van der Waals surface area contributed by atoms with Gasteiger partial charge in [-0.3, -0.25) is 4.79 Å². The van der Waals surface area contributed by atoms with Gasteiger partial charge in [0.25, 0.3) is 0 Å². The van der Waals surface area contributed by atoms with Gasteiger partial charge in [0.05, 0.1) is 0 Å². The third kappa shape index (κ3) is 2.60.